The molecule has 0 unspecified atom stereocenters. The number of carbonyl (C=O) groups excluding carboxylic acids is 1. The molecule has 0 saturated heterocycles. The minimum Gasteiger partial charge on any atom is -0.320 e. The fourth-order valence-electron chi connectivity index (χ4n) is 1.32. The molecule has 0 aliphatic carbocycles. The second-order valence-electron chi connectivity index (χ2n) is 4.38. The van der Waals surface area contributed by atoms with Crippen LogP contribution in [0.5, 0.6) is 0 Å². The summed E-state index contributed by atoms with van der Waals surface area (Å²) in [5.74, 6) is 0.362. The number of nitrogens with zero attached hydrogens (tertiary/aromatic N) is 1. The second kappa shape index (κ2) is 5.41. The van der Waals surface area contributed by atoms with Gasteiger partial charge in [-0.15, -0.1) is 11.3 Å². The first kappa shape index (κ1) is 13.1. The lowest BCUT2D eigenvalue weighted by atomic mass is 10.1. The van der Waals surface area contributed by atoms with Crippen molar-refractivity contribution < 1.29 is 4.79 Å². The summed E-state index contributed by atoms with van der Waals surface area (Å²) in [6.45, 7) is 7.87. The van der Waals surface area contributed by atoms with E-state index in [4.69, 9.17) is 5.73 Å². The van der Waals surface area contributed by atoms with E-state index in [-0.39, 0.29) is 5.91 Å². The molecule has 4 nitrogen and oxygen atoms in total. The second-order valence-corrected chi connectivity index (χ2v) is 5.59. The maximum Gasteiger partial charge on any atom is 0.241 e. The van der Waals surface area contributed by atoms with Crippen LogP contribution in [0.1, 0.15) is 31.5 Å². The number of amides is 1. The summed E-state index contributed by atoms with van der Waals surface area (Å²) >= 11 is 1.50. The average molecular weight is 241 g/mol. The van der Waals surface area contributed by atoms with Gasteiger partial charge in [0.2, 0.25) is 5.91 Å². The predicted molar refractivity (Wildman–Crippen MR) is 67.7 cm³/mol. The van der Waals surface area contributed by atoms with Gasteiger partial charge in [0.1, 0.15) is 5.00 Å². The van der Waals surface area contributed by atoms with E-state index in [2.05, 4.69) is 24.1 Å². The molecule has 1 atom stereocenters. The van der Waals surface area contributed by atoms with Crippen LogP contribution in [0.2, 0.25) is 0 Å². The summed E-state index contributed by atoms with van der Waals surface area (Å²) in [6, 6.07) is -0.491. The molecule has 1 amide bonds. The third-order valence-electron chi connectivity index (χ3n) is 2.06. The Bertz CT molecular complexity index is 371. The van der Waals surface area contributed by atoms with Crippen LogP contribution in [0, 0.1) is 12.8 Å². The number of carbonyl (C=O) groups is 1. The number of thiazole rings is 1. The van der Waals surface area contributed by atoms with Crippen molar-refractivity contribution >= 4 is 22.2 Å². The highest BCUT2D eigenvalue weighted by Gasteiger charge is 2.15. The van der Waals surface area contributed by atoms with Gasteiger partial charge < -0.3 is 11.1 Å². The minimum atomic E-state index is -0.491. The highest BCUT2D eigenvalue weighted by atomic mass is 32.1. The third kappa shape index (κ3) is 3.57. The highest BCUT2D eigenvalue weighted by molar-refractivity contribution is 7.16. The summed E-state index contributed by atoms with van der Waals surface area (Å²) in [5, 5.41) is 4.64. The van der Waals surface area contributed by atoms with Crippen LogP contribution in [-0.4, -0.2) is 16.9 Å². The summed E-state index contributed by atoms with van der Waals surface area (Å²) in [6.07, 6.45) is 0.874. The molecule has 5 heteroatoms. The van der Waals surface area contributed by atoms with Crippen molar-refractivity contribution in [3.05, 3.63) is 10.7 Å². The van der Waals surface area contributed by atoms with E-state index in [1.807, 2.05) is 6.92 Å². The number of anilines is 1. The number of hydrogen-bond acceptors (Lipinski definition) is 4. The maximum atomic E-state index is 11.5. The largest absolute Gasteiger partial charge is 0.320 e. The molecule has 90 valence electrons. The van der Waals surface area contributed by atoms with Gasteiger partial charge in [-0.3, -0.25) is 4.79 Å². The smallest absolute Gasteiger partial charge is 0.241 e. The van der Waals surface area contributed by atoms with Crippen molar-refractivity contribution in [1.82, 2.24) is 4.98 Å². The molecule has 1 heterocycles. The zero-order valence-corrected chi connectivity index (χ0v) is 11.0. The fourth-order valence-corrected chi connectivity index (χ4v) is 2.17. The van der Waals surface area contributed by atoms with Crippen molar-refractivity contribution in [2.45, 2.75) is 40.2 Å². The maximum absolute atomic E-state index is 11.5. The van der Waals surface area contributed by atoms with Gasteiger partial charge in [-0.05, 0) is 26.2 Å². The van der Waals surface area contributed by atoms with Gasteiger partial charge in [-0.2, -0.15) is 0 Å². The predicted octanol–water partition coefficient (Wildman–Crippen LogP) is 1.94. The Hall–Kier alpha value is -0.940. The van der Waals surface area contributed by atoms with E-state index in [0.29, 0.717) is 5.92 Å². The number of aromatic nitrogens is 1. The molecule has 0 aliphatic heterocycles. The van der Waals surface area contributed by atoms with Crippen molar-refractivity contribution in [1.29, 1.82) is 0 Å². The molecule has 16 heavy (non-hydrogen) atoms. The molecular formula is C11H19N3OS. The SMILES string of the molecule is Cc1nc(CC(C)C)c(NC(=O)[C@H](C)N)s1. The molecule has 1 aromatic rings. The Morgan fingerprint density at radius 3 is 2.62 bits per heavy atom. The summed E-state index contributed by atoms with van der Waals surface area (Å²) in [4.78, 5) is 15.9. The third-order valence-corrected chi connectivity index (χ3v) is 2.98. The molecular weight excluding hydrogens is 222 g/mol. The van der Waals surface area contributed by atoms with Crippen LogP contribution in [-0.2, 0) is 11.2 Å². The lowest BCUT2D eigenvalue weighted by molar-refractivity contribution is -0.117. The first-order valence-electron chi connectivity index (χ1n) is 5.43. The van der Waals surface area contributed by atoms with E-state index in [1.165, 1.54) is 11.3 Å². The van der Waals surface area contributed by atoms with Crippen molar-refractivity contribution in [2.75, 3.05) is 5.32 Å². The number of aryl methyl sites for hydroxylation is 1. The van der Waals surface area contributed by atoms with E-state index in [9.17, 15) is 4.79 Å². The summed E-state index contributed by atoms with van der Waals surface area (Å²) in [7, 11) is 0. The zero-order valence-electron chi connectivity index (χ0n) is 10.2. The first-order valence-corrected chi connectivity index (χ1v) is 6.24. The van der Waals surface area contributed by atoms with Gasteiger partial charge in [0.25, 0.3) is 0 Å². The van der Waals surface area contributed by atoms with E-state index in [1.54, 1.807) is 6.92 Å². The van der Waals surface area contributed by atoms with Gasteiger partial charge in [-0.25, -0.2) is 4.98 Å². The Morgan fingerprint density at radius 1 is 1.50 bits per heavy atom. The molecule has 3 N–H and O–H groups in total. The molecule has 0 aromatic carbocycles. The van der Waals surface area contributed by atoms with E-state index >= 15 is 0 Å². The molecule has 1 rings (SSSR count). The average Bonchev–Trinajstić information content (AvgIpc) is 2.45. The van der Waals surface area contributed by atoms with Crippen LogP contribution in [0.25, 0.3) is 0 Å². The quantitative estimate of drug-likeness (QED) is 0.846. The van der Waals surface area contributed by atoms with Gasteiger partial charge in [0.05, 0.1) is 16.7 Å². The number of nitrogens with two attached hydrogens (primary N) is 1. The number of rotatable bonds is 4. The lowest BCUT2D eigenvalue weighted by Gasteiger charge is -2.08. The fraction of sp³-hybridized carbons (Fsp3) is 0.636. The monoisotopic (exact) mass is 241 g/mol. The lowest BCUT2D eigenvalue weighted by Crippen LogP contribution is -2.32. The molecule has 0 spiro atoms. The minimum absolute atomic E-state index is 0.159. The Balaban J connectivity index is 2.82. The van der Waals surface area contributed by atoms with Crippen molar-refractivity contribution in [3.63, 3.8) is 0 Å². The van der Waals surface area contributed by atoms with Gasteiger partial charge in [0.15, 0.2) is 0 Å². The van der Waals surface area contributed by atoms with Crippen molar-refractivity contribution in [3.8, 4) is 0 Å². The Morgan fingerprint density at radius 2 is 2.12 bits per heavy atom. The molecule has 1 aromatic heterocycles. The van der Waals surface area contributed by atoms with Crippen molar-refractivity contribution in [2.24, 2.45) is 11.7 Å². The van der Waals surface area contributed by atoms with Crippen LogP contribution in [0.15, 0.2) is 0 Å². The molecule has 0 aliphatic rings. The topological polar surface area (TPSA) is 68.0 Å². The first-order chi connectivity index (χ1) is 7.40. The number of hydrogen-bond donors (Lipinski definition) is 2. The Kier molecular flexibility index (Phi) is 4.44. The normalized spacial score (nSPS) is 12.9. The molecule has 0 bridgehead atoms. The van der Waals surface area contributed by atoms with Gasteiger partial charge in [0, 0.05) is 0 Å². The van der Waals surface area contributed by atoms with Crippen LogP contribution < -0.4 is 11.1 Å². The molecule has 0 saturated carbocycles. The summed E-state index contributed by atoms with van der Waals surface area (Å²) in [5.41, 5.74) is 6.48. The summed E-state index contributed by atoms with van der Waals surface area (Å²) < 4.78 is 0. The Labute approximate surface area is 100 Å². The molecule has 0 fully saturated rings. The highest BCUT2D eigenvalue weighted by Crippen LogP contribution is 2.26. The van der Waals surface area contributed by atoms with Crippen LogP contribution in [0.4, 0.5) is 5.00 Å². The van der Waals surface area contributed by atoms with Crippen LogP contribution in [0.3, 0.4) is 0 Å². The standard InChI is InChI=1S/C11H19N3OS/c1-6(2)5-9-11(16-8(4)13-9)14-10(15)7(3)12/h6-7H,5,12H2,1-4H3,(H,14,15)/t7-/m0/s1. The van der Waals surface area contributed by atoms with E-state index in [0.717, 1.165) is 22.1 Å². The van der Waals surface area contributed by atoms with Gasteiger partial charge in [-0.1, -0.05) is 13.8 Å². The van der Waals surface area contributed by atoms with Gasteiger partial charge >= 0.3 is 0 Å². The number of nitrogens with one attached hydrogen (secondary N) is 1. The van der Waals surface area contributed by atoms with E-state index < -0.39 is 6.04 Å². The molecule has 0 radical (unpaired) electrons. The van der Waals surface area contributed by atoms with Crippen LogP contribution >= 0.6 is 11.3 Å². The zero-order chi connectivity index (χ0) is 12.3.